The van der Waals surface area contributed by atoms with Gasteiger partial charge in [-0.05, 0) is 30.5 Å². The molecule has 1 aliphatic rings. The number of allylic oxidation sites excluding steroid dienone is 1. The van der Waals surface area contributed by atoms with E-state index < -0.39 is 29.1 Å². The van der Waals surface area contributed by atoms with Gasteiger partial charge in [0.2, 0.25) is 5.88 Å². The molecule has 8 nitrogen and oxygen atoms in total. The monoisotopic (exact) mass is 466 g/mol. The number of halogens is 4. The van der Waals surface area contributed by atoms with Gasteiger partial charge in [0.05, 0.1) is 23.8 Å². The van der Waals surface area contributed by atoms with Gasteiger partial charge >= 0.3 is 6.18 Å². The van der Waals surface area contributed by atoms with Crippen LogP contribution < -0.4 is 15.4 Å². The number of hydrogen-bond donors (Lipinski definition) is 3. The second-order valence-corrected chi connectivity index (χ2v) is 7.49. The van der Waals surface area contributed by atoms with E-state index in [2.05, 4.69) is 15.7 Å². The second kappa shape index (κ2) is 8.55. The number of nitrogens with one attached hydrogen (secondary N) is 3. The number of rotatable bonds is 7. The maximum Gasteiger partial charge on any atom is 0.425 e. The van der Waals surface area contributed by atoms with Crippen molar-refractivity contribution >= 4 is 35.1 Å². The molecule has 1 aromatic carbocycles. The van der Waals surface area contributed by atoms with Crippen molar-refractivity contribution in [2.45, 2.75) is 24.6 Å². The summed E-state index contributed by atoms with van der Waals surface area (Å²) in [4.78, 5) is 12.6. The minimum absolute atomic E-state index is 0.0802. The van der Waals surface area contributed by atoms with Gasteiger partial charge in [0.1, 0.15) is 11.4 Å². The number of amides is 1. The summed E-state index contributed by atoms with van der Waals surface area (Å²) in [5, 5.41) is 25.8. The first-order valence-electron chi connectivity index (χ1n) is 9.24. The molecule has 1 saturated carbocycles. The summed E-state index contributed by atoms with van der Waals surface area (Å²) in [6, 6.07) is 6.40. The Morgan fingerprint density at radius 1 is 1.44 bits per heavy atom. The molecule has 0 atom stereocenters. The highest BCUT2D eigenvalue weighted by Crippen LogP contribution is 2.41. The van der Waals surface area contributed by atoms with Crippen LogP contribution in [0.5, 0.6) is 5.88 Å². The number of benzene rings is 1. The Morgan fingerprint density at radius 3 is 2.66 bits per heavy atom. The minimum Gasteiger partial charge on any atom is -0.479 e. The largest absolute Gasteiger partial charge is 0.479 e. The standard InChI is InChI=1S/C20H18ClF3N6O2/c1-30-16(15(20(22,23)24)18(29-30)32-2)27-9-12(8-25)11-3-4-14(21)13(7-11)17(31)28-19(10-26)5-6-19/h3-4,7-9,25,27H,5-6H2,1-2H3,(H,28,31)/b12-9+,25-8?. The molecule has 2 aromatic rings. The smallest absolute Gasteiger partial charge is 0.425 e. The van der Waals surface area contributed by atoms with Crippen LogP contribution in [0.25, 0.3) is 5.57 Å². The third kappa shape index (κ3) is 4.55. The van der Waals surface area contributed by atoms with Gasteiger partial charge in [-0.1, -0.05) is 17.7 Å². The summed E-state index contributed by atoms with van der Waals surface area (Å²) in [6.45, 7) is 0. The molecule has 0 radical (unpaired) electrons. The molecule has 3 rings (SSSR count). The van der Waals surface area contributed by atoms with Crippen LogP contribution >= 0.6 is 11.6 Å². The molecule has 1 aliphatic carbocycles. The molecular formula is C20H18ClF3N6O2. The number of alkyl halides is 3. The number of methoxy groups -OCH3 is 1. The number of hydrogen-bond acceptors (Lipinski definition) is 6. The van der Waals surface area contributed by atoms with Crippen LogP contribution in [0.1, 0.15) is 34.3 Å². The Kier molecular flexibility index (Phi) is 6.18. The van der Waals surface area contributed by atoms with Crippen LogP contribution in [0.15, 0.2) is 24.4 Å². The van der Waals surface area contributed by atoms with Crippen molar-refractivity contribution < 1.29 is 22.7 Å². The van der Waals surface area contributed by atoms with Crippen molar-refractivity contribution in [3.8, 4) is 11.9 Å². The number of aromatic nitrogens is 2. The van der Waals surface area contributed by atoms with Crippen LogP contribution in [0.2, 0.25) is 5.02 Å². The topological polar surface area (TPSA) is 116 Å². The molecule has 32 heavy (non-hydrogen) atoms. The number of aryl methyl sites for hydroxylation is 1. The number of carbonyl (C=O) groups is 1. The van der Waals surface area contributed by atoms with E-state index >= 15 is 0 Å². The molecule has 3 N–H and O–H groups in total. The molecule has 0 spiro atoms. The van der Waals surface area contributed by atoms with Crippen molar-refractivity contribution in [2.24, 2.45) is 7.05 Å². The Morgan fingerprint density at radius 2 is 2.12 bits per heavy atom. The molecule has 1 aromatic heterocycles. The fraction of sp³-hybridized carbons (Fsp3) is 0.300. The highest BCUT2D eigenvalue weighted by atomic mass is 35.5. The molecule has 0 aliphatic heterocycles. The van der Waals surface area contributed by atoms with Gasteiger partial charge in [-0.25, -0.2) is 4.68 Å². The first kappa shape index (κ1) is 23.1. The van der Waals surface area contributed by atoms with Gasteiger partial charge in [0, 0.05) is 25.0 Å². The minimum atomic E-state index is -4.73. The van der Waals surface area contributed by atoms with Gasteiger partial charge in [0.25, 0.3) is 5.91 Å². The van der Waals surface area contributed by atoms with E-state index in [1.165, 1.54) is 31.4 Å². The molecule has 0 saturated heterocycles. The number of nitriles is 1. The first-order valence-corrected chi connectivity index (χ1v) is 9.62. The quantitative estimate of drug-likeness (QED) is 0.533. The Balaban J connectivity index is 1.93. The maximum absolute atomic E-state index is 13.5. The lowest BCUT2D eigenvalue weighted by Gasteiger charge is -2.13. The van der Waals surface area contributed by atoms with Crippen molar-refractivity contribution in [3.63, 3.8) is 0 Å². The zero-order valence-corrected chi connectivity index (χ0v) is 17.7. The SMILES string of the molecule is COc1nn(C)c(N/C=C(\C=N)c2ccc(Cl)c(C(=O)NC3(C#N)CC3)c2)c1C(F)(F)F. The number of carbonyl (C=O) groups excluding carboxylic acids is 1. The van der Waals surface area contributed by atoms with Crippen LogP contribution in [0.3, 0.4) is 0 Å². The zero-order chi connectivity index (χ0) is 23.7. The number of ether oxygens (including phenoxy) is 1. The lowest BCUT2D eigenvalue weighted by atomic mass is 10.0. The predicted octanol–water partition coefficient (Wildman–Crippen LogP) is 3.99. The van der Waals surface area contributed by atoms with Crippen LogP contribution in [0.4, 0.5) is 19.0 Å². The summed E-state index contributed by atoms with van der Waals surface area (Å²) in [5.74, 6) is -1.53. The van der Waals surface area contributed by atoms with E-state index in [9.17, 15) is 18.0 Å². The Bertz CT molecular complexity index is 1150. The third-order valence-electron chi connectivity index (χ3n) is 4.87. The summed E-state index contributed by atoms with van der Waals surface area (Å²) < 4.78 is 46.1. The molecule has 168 valence electrons. The van der Waals surface area contributed by atoms with Gasteiger partial charge < -0.3 is 20.8 Å². The maximum atomic E-state index is 13.5. The molecule has 1 amide bonds. The van der Waals surface area contributed by atoms with Crippen molar-refractivity contribution in [2.75, 3.05) is 12.4 Å². The summed E-state index contributed by atoms with van der Waals surface area (Å²) >= 11 is 6.13. The lowest BCUT2D eigenvalue weighted by molar-refractivity contribution is -0.138. The molecule has 1 heterocycles. The Labute approximate surface area is 186 Å². The Hall–Kier alpha value is -3.52. The third-order valence-corrected chi connectivity index (χ3v) is 5.20. The van der Waals surface area contributed by atoms with E-state index in [4.69, 9.17) is 27.0 Å². The van der Waals surface area contributed by atoms with Crippen molar-refractivity contribution in [1.82, 2.24) is 15.1 Å². The molecule has 12 heteroatoms. The molecule has 0 bridgehead atoms. The average Bonchev–Trinajstić information content (AvgIpc) is 3.43. The van der Waals surface area contributed by atoms with Crippen LogP contribution in [-0.4, -0.2) is 34.6 Å². The van der Waals surface area contributed by atoms with Gasteiger partial charge in [-0.15, -0.1) is 5.10 Å². The zero-order valence-electron chi connectivity index (χ0n) is 17.0. The normalized spacial score (nSPS) is 15.0. The van der Waals surface area contributed by atoms with E-state index in [0.717, 1.165) is 18.0 Å². The van der Waals surface area contributed by atoms with E-state index in [1.807, 2.05) is 6.07 Å². The lowest BCUT2D eigenvalue weighted by Crippen LogP contribution is -2.35. The van der Waals surface area contributed by atoms with E-state index in [-0.39, 0.29) is 22.0 Å². The average molecular weight is 467 g/mol. The van der Waals surface area contributed by atoms with Gasteiger partial charge in [-0.3, -0.25) is 4.79 Å². The fourth-order valence-electron chi connectivity index (χ4n) is 2.97. The predicted molar refractivity (Wildman–Crippen MR) is 112 cm³/mol. The molecular weight excluding hydrogens is 449 g/mol. The second-order valence-electron chi connectivity index (χ2n) is 7.09. The highest BCUT2D eigenvalue weighted by molar-refractivity contribution is 6.34. The highest BCUT2D eigenvalue weighted by Gasteiger charge is 2.45. The van der Waals surface area contributed by atoms with Gasteiger partial charge in [-0.2, -0.15) is 18.4 Å². The van der Waals surface area contributed by atoms with E-state index in [1.54, 1.807) is 0 Å². The number of nitrogens with zero attached hydrogens (tertiary/aromatic N) is 3. The van der Waals surface area contributed by atoms with Crippen molar-refractivity contribution in [1.29, 1.82) is 10.7 Å². The van der Waals surface area contributed by atoms with E-state index in [0.29, 0.717) is 18.4 Å². The molecule has 0 unspecified atom stereocenters. The summed E-state index contributed by atoms with van der Waals surface area (Å²) in [6.07, 6.45) is -1.56. The van der Waals surface area contributed by atoms with Crippen LogP contribution in [0, 0.1) is 16.7 Å². The summed E-state index contributed by atoms with van der Waals surface area (Å²) in [7, 11) is 2.39. The molecule has 1 fully saturated rings. The number of anilines is 1. The fourth-order valence-corrected chi connectivity index (χ4v) is 3.17. The summed E-state index contributed by atoms with van der Waals surface area (Å²) in [5.41, 5.74) is -1.38. The first-order chi connectivity index (χ1) is 15.0. The van der Waals surface area contributed by atoms with Gasteiger partial charge in [0.15, 0.2) is 5.56 Å². The van der Waals surface area contributed by atoms with Crippen LogP contribution in [-0.2, 0) is 13.2 Å². The van der Waals surface area contributed by atoms with Crippen molar-refractivity contribution in [3.05, 3.63) is 46.1 Å².